The van der Waals surface area contributed by atoms with Crippen LogP contribution in [0.15, 0.2) is 0 Å². The molecule has 1 heterocycles. The van der Waals surface area contributed by atoms with Crippen LogP contribution in [-0.4, -0.2) is 34.9 Å². The fourth-order valence-electron chi connectivity index (χ4n) is 1.92. The lowest BCUT2D eigenvalue weighted by atomic mass is 10.0. The zero-order valence-electron chi connectivity index (χ0n) is 11.5. The number of carboxylic acid groups (broad SMARTS) is 1. The lowest BCUT2D eigenvalue weighted by Gasteiger charge is -2.19. The standard InChI is InChI=1S/C13H18N4O2/c1-4-9-10(8-14)13(16-15-11(9)5-2)17(3)7-6-12(18)19/h4-7H2,1-3H3,(H,18,19). The van der Waals surface area contributed by atoms with Crippen LogP contribution in [-0.2, 0) is 17.6 Å². The summed E-state index contributed by atoms with van der Waals surface area (Å²) in [5.41, 5.74) is 2.23. The number of carbonyl (C=O) groups is 1. The first-order chi connectivity index (χ1) is 9.04. The molecule has 6 heteroatoms. The number of carboxylic acids is 1. The maximum absolute atomic E-state index is 10.6. The van der Waals surface area contributed by atoms with Crippen LogP contribution in [0.3, 0.4) is 0 Å². The minimum atomic E-state index is -0.876. The molecule has 6 nitrogen and oxygen atoms in total. The van der Waals surface area contributed by atoms with Crippen LogP contribution in [0.2, 0.25) is 0 Å². The Labute approximate surface area is 112 Å². The SMILES string of the molecule is CCc1nnc(N(C)CCC(=O)O)c(C#N)c1CC. The summed E-state index contributed by atoms with van der Waals surface area (Å²) < 4.78 is 0. The van der Waals surface area contributed by atoms with Gasteiger partial charge in [0.05, 0.1) is 12.1 Å². The highest BCUT2D eigenvalue weighted by atomic mass is 16.4. The van der Waals surface area contributed by atoms with Crippen molar-refractivity contribution in [2.75, 3.05) is 18.5 Å². The number of hydrogen-bond acceptors (Lipinski definition) is 5. The van der Waals surface area contributed by atoms with Crippen LogP contribution < -0.4 is 4.90 Å². The molecule has 0 saturated heterocycles. The first-order valence-corrected chi connectivity index (χ1v) is 6.26. The van der Waals surface area contributed by atoms with Crippen molar-refractivity contribution < 1.29 is 9.90 Å². The summed E-state index contributed by atoms with van der Waals surface area (Å²) >= 11 is 0. The topological polar surface area (TPSA) is 90.1 Å². The maximum Gasteiger partial charge on any atom is 0.305 e. The number of aliphatic carboxylic acids is 1. The van der Waals surface area contributed by atoms with Crippen molar-refractivity contribution in [3.05, 3.63) is 16.8 Å². The molecule has 1 aromatic rings. The fraction of sp³-hybridized carbons (Fsp3) is 0.538. The Morgan fingerprint density at radius 1 is 1.37 bits per heavy atom. The zero-order valence-corrected chi connectivity index (χ0v) is 11.5. The Morgan fingerprint density at radius 3 is 2.53 bits per heavy atom. The Hall–Kier alpha value is -2.16. The van der Waals surface area contributed by atoms with Gasteiger partial charge in [0, 0.05) is 13.6 Å². The molecular weight excluding hydrogens is 244 g/mol. The molecule has 0 aliphatic rings. The summed E-state index contributed by atoms with van der Waals surface area (Å²) in [6.07, 6.45) is 1.44. The smallest absolute Gasteiger partial charge is 0.305 e. The predicted molar refractivity (Wildman–Crippen MR) is 71.0 cm³/mol. The molecule has 0 aromatic carbocycles. The molecule has 1 N–H and O–H groups in total. The number of nitriles is 1. The number of rotatable bonds is 6. The Kier molecular flexibility index (Phi) is 5.24. The number of anilines is 1. The monoisotopic (exact) mass is 262 g/mol. The molecule has 0 atom stereocenters. The fourth-order valence-corrected chi connectivity index (χ4v) is 1.92. The second-order valence-electron chi connectivity index (χ2n) is 4.21. The molecule has 1 rings (SSSR count). The molecule has 0 amide bonds. The number of nitrogens with zero attached hydrogens (tertiary/aromatic N) is 4. The Bertz CT molecular complexity index is 508. The lowest BCUT2D eigenvalue weighted by Crippen LogP contribution is -2.24. The first-order valence-electron chi connectivity index (χ1n) is 6.26. The van der Waals surface area contributed by atoms with Gasteiger partial charge in [-0.2, -0.15) is 10.4 Å². The molecule has 0 unspecified atom stereocenters. The Balaban J connectivity index is 3.14. The second-order valence-corrected chi connectivity index (χ2v) is 4.21. The highest BCUT2D eigenvalue weighted by Crippen LogP contribution is 2.22. The van der Waals surface area contributed by atoms with Gasteiger partial charge in [0.1, 0.15) is 11.6 Å². The van der Waals surface area contributed by atoms with Crippen molar-refractivity contribution in [1.29, 1.82) is 5.26 Å². The van der Waals surface area contributed by atoms with E-state index >= 15 is 0 Å². The summed E-state index contributed by atoms with van der Waals surface area (Å²) in [6, 6.07) is 2.17. The average molecular weight is 262 g/mol. The lowest BCUT2D eigenvalue weighted by molar-refractivity contribution is -0.136. The third kappa shape index (κ3) is 3.41. The molecule has 0 fully saturated rings. The maximum atomic E-state index is 10.6. The van der Waals surface area contributed by atoms with Crippen molar-refractivity contribution in [3.63, 3.8) is 0 Å². The zero-order chi connectivity index (χ0) is 14.4. The summed E-state index contributed by atoms with van der Waals surface area (Å²) in [7, 11) is 1.72. The molecule has 0 aliphatic carbocycles. The molecule has 0 spiro atoms. The van der Waals surface area contributed by atoms with Crippen LogP contribution in [0.5, 0.6) is 0 Å². The number of hydrogen-bond donors (Lipinski definition) is 1. The third-order valence-corrected chi connectivity index (χ3v) is 2.96. The van der Waals surface area contributed by atoms with Gasteiger partial charge in [0.25, 0.3) is 0 Å². The molecule has 0 aliphatic heterocycles. The van der Waals surface area contributed by atoms with Gasteiger partial charge in [-0.3, -0.25) is 4.79 Å². The van der Waals surface area contributed by atoms with Crippen LogP contribution in [0.4, 0.5) is 5.82 Å². The molecule has 1 aromatic heterocycles. The summed E-state index contributed by atoms with van der Waals surface area (Å²) in [5, 5.41) is 26.2. The Morgan fingerprint density at radius 2 is 2.05 bits per heavy atom. The van der Waals surface area contributed by atoms with Crippen LogP contribution in [0.25, 0.3) is 0 Å². The predicted octanol–water partition coefficient (Wildman–Crippen LogP) is 1.38. The van der Waals surface area contributed by atoms with E-state index in [1.165, 1.54) is 0 Å². The summed E-state index contributed by atoms with van der Waals surface area (Å²) in [5.74, 6) is -0.419. The highest BCUT2D eigenvalue weighted by Gasteiger charge is 2.17. The quantitative estimate of drug-likeness (QED) is 0.833. The molecule has 19 heavy (non-hydrogen) atoms. The van der Waals surface area contributed by atoms with Gasteiger partial charge in [0.15, 0.2) is 5.82 Å². The summed E-state index contributed by atoms with van der Waals surface area (Å²) in [4.78, 5) is 12.3. The van der Waals surface area contributed by atoms with E-state index in [-0.39, 0.29) is 6.42 Å². The molecule has 0 saturated carbocycles. The van der Waals surface area contributed by atoms with Crippen molar-refractivity contribution in [3.8, 4) is 6.07 Å². The molecular formula is C13H18N4O2. The van der Waals surface area contributed by atoms with Gasteiger partial charge < -0.3 is 10.0 Å². The van der Waals surface area contributed by atoms with Gasteiger partial charge in [0.2, 0.25) is 0 Å². The van der Waals surface area contributed by atoms with E-state index in [4.69, 9.17) is 5.11 Å². The van der Waals surface area contributed by atoms with Crippen molar-refractivity contribution >= 4 is 11.8 Å². The van der Waals surface area contributed by atoms with Gasteiger partial charge in [-0.25, -0.2) is 0 Å². The average Bonchev–Trinajstić information content (AvgIpc) is 2.42. The molecule has 0 bridgehead atoms. The van der Waals surface area contributed by atoms with E-state index in [1.807, 2.05) is 13.8 Å². The van der Waals surface area contributed by atoms with Crippen molar-refractivity contribution in [2.45, 2.75) is 33.1 Å². The minimum absolute atomic E-state index is 0.0000358. The number of aromatic nitrogens is 2. The van der Waals surface area contributed by atoms with Crippen LogP contribution in [0.1, 0.15) is 37.1 Å². The van der Waals surface area contributed by atoms with Crippen LogP contribution >= 0.6 is 0 Å². The second kappa shape index (κ2) is 6.69. The van der Waals surface area contributed by atoms with Gasteiger partial charge in [-0.05, 0) is 18.4 Å². The van der Waals surface area contributed by atoms with E-state index in [2.05, 4.69) is 16.3 Å². The number of aryl methyl sites for hydroxylation is 1. The first kappa shape index (κ1) is 14.9. The van der Waals surface area contributed by atoms with Crippen LogP contribution in [0, 0.1) is 11.3 Å². The van der Waals surface area contributed by atoms with E-state index in [0.717, 1.165) is 17.7 Å². The molecule has 0 radical (unpaired) electrons. The van der Waals surface area contributed by atoms with Crippen molar-refractivity contribution in [1.82, 2.24) is 10.2 Å². The largest absolute Gasteiger partial charge is 0.481 e. The minimum Gasteiger partial charge on any atom is -0.481 e. The van der Waals surface area contributed by atoms with E-state index < -0.39 is 5.97 Å². The third-order valence-electron chi connectivity index (χ3n) is 2.96. The normalized spacial score (nSPS) is 10.0. The van der Waals surface area contributed by atoms with Gasteiger partial charge >= 0.3 is 5.97 Å². The van der Waals surface area contributed by atoms with Gasteiger partial charge in [-0.15, -0.1) is 5.10 Å². The van der Waals surface area contributed by atoms with E-state index in [1.54, 1.807) is 11.9 Å². The summed E-state index contributed by atoms with van der Waals surface area (Å²) in [6.45, 7) is 4.24. The molecule has 102 valence electrons. The van der Waals surface area contributed by atoms with E-state index in [0.29, 0.717) is 24.3 Å². The van der Waals surface area contributed by atoms with Crippen molar-refractivity contribution in [2.24, 2.45) is 0 Å². The van der Waals surface area contributed by atoms with E-state index in [9.17, 15) is 10.1 Å². The highest BCUT2D eigenvalue weighted by molar-refractivity contribution is 5.68. The van der Waals surface area contributed by atoms with Gasteiger partial charge in [-0.1, -0.05) is 13.8 Å².